The fraction of sp³-hybridized carbons (Fsp3) is 0.0571. The molecule has 1 aromatic heterocycles. The molecule has 170 valence electrons. The highest BCUT2D eigenvalue weighted by molar-refractivity contribution is 6.23. The lowest BCUT2D eigenvalue weighted by atomic mass is 9.89. The van der Waals surface area contributed by atoms with Gasteiger partial charge in [-0.3, -0.25) is 0 Å². The molecule has 1 nitrogen and oxygen atoms in total. The normalized spacial score (nSPS) is 11.6. The molecule has 0 unspecified atom stereocenters. The fourth-order valence-electron chi connectivity index (χ4n) is 5.65. The first-order chi connectivity index (χ1) is 17.7. The standard InChI is InChI=1S/C35H26N/c1-23-11-15-27(16-12-23)33-34-29-9-5-3-7-25(29)17-21-31(34)36(28-19-13-24(2)14-20-28)32-22-18-26-8-4-6-10-30(26)35(32)33/h3-22H,1-2H3/q+1. The number of pyridine rings is 1. The molecule has 0 fully saturated rings. The summed E-state index contributed by atoms with van der Waals surface area (Å²) in [5, 5.41) is 7.66. The van der Waals surface area contributed by atoms with E-state index in [4.69, 9.17) is 0 Å². The third kappa shape index (κ3) is 3.13. The van der Waals surface area contributed by atoms with Crippen LogP contribution in [0.5, 0.6) is 0 Å². The quantitative estimate of drug-likeness (QED) is 0.138. The smallest absolute Gasteiger partial charge is 0.153 e. The number of aromatic nitrogens is 1. The number of benzene rings is 6. The van der Waals surface area contributed by atoms with Crippen LogP contribution in [0.4, 0.5) is 0 Å². The molecule has 0 aliphatic heterocycles. The molecule has 0 aliphatic carbocycles. The second-order valence-corrected chi connectivity index (χ2v) is 9.77. The van der Waals surface area contributed by atoms with Gasteiger partial charge in [-0.15, -0.1) is 0 Å². The minimum Gasteiger partial charge on any atom is -0.153 e. The van der Waals surface area contributed by atoms with Gasteiger partial charge in [0.05, 0.1) is 10.8 Å². The van der Waals surface area contributed by atoms with Gasteiger partial charge in [0.2, 0.25) is 16.7 Å². The average Bonchev–Trinajstić information content (AvgIpc) is 2.92. The molecule has 0 saturated carbocycles. The van der Waals surface area contributed by atoms with E-state index in [9.17, 15) is 0 Å². The van der Waals surface area contributed by atoms with Crippen LogP contribution in [0.3, 0.4) is 0 Å². The van der Waals surface area contributed by atoms with E-state index in [0.717, 1.165) is 0 Å². The van der Waals surface area contributed by atoms with E-state index in [1.165, 1.54) is 71.3 Å². The molecule has 0 N–H and O–H groups in total. The first kappa shape index (κ1) is 20.8. The van der Waals surface area contributed by atoms with Gasteiger partial charge < -0.3 is 0 Å². The number of rotatable bonds is 2. The van der Waals surface area contributed by atoms with Crippen molar-refractivity contribution in [1.29, 1.82) is 0 Å². The van der Waals surface area contributed by atoms with E-state index in [2.05, 4.69) is 140 Å². The van der Waals surface area contributed by atoms with E-state index in [1.54, 1.807) is 0 Å². The second-order valence-electron chi connectivity index (χ2n) is 9.77. The van der Waals surface area contributed by atoms with Crippen LogP contribution < -0.4 is 4.57 Å². The molecule has 0 radical (unpaired) electrons. The summed E-state index contributed by atoms with van der Waals surface area (Å²) in [5.41, 5.74) is 8.70. The minimum absolute atomic E-state index is 1.18. The lowest BCUT2D eigenvalue weighted by Crippen LogP contribution is -2.33. The SMILES string of the molecule is Cc1ccc(-c2c3c4ccccc4ccc3[n+](-c3ccc(C)cc3)c3ccc4ccccc4c23)cc1. The lowest BCUT2D eigenvalue weighted by molar-refractivity contribution is -0.537. The summed E-state index contributed by atoms with van der Waals surface area (Å²) in [6.07, 6.45) is 0. The Labute approximate surface area is 210 Å². The number of hydrogen-bond acceptors (Lipinski definition) is 0. The zero-order valence-corrected chi connectivity index (χ0v) is 20.5. The largest absolute Gasteiger partial charge is 0.220 e. The second kappa shape index (κ2) is 8.03. The molecule has 0 saturated heterocycles. The van der Waals surface area contributed by atoms with Crippen molar-refractivity contribution in [3.8, 4) is 16.8 Å². The molecule has 36 heavy (non-hydrogen) atoms. The molecule has 0 amide bonds. The molecule has 1 heteroatoms. The van der Waals surface area contributed by atoms with Crippen molar-refractivity contribution in [3.05, 3.63) is 132 Å². The first-order valence-electron chi connectivity index (χ1n) is 12.5. The molecule has 6 aromatic carbocycles. The van der Waals surface area contributed by atoms with E-state index < -0.39 is 0 Å². The van der Waals surface area contributed by atoms with Crippen LogP contribution in [0.1, 0.15) is 11.1 Å². The van der Waals surface area contributed by atoms with E-state index in [-0.39, 0.29) is 0 Å². The van der Waals surface area contributed by atoms with Crippen LogP contribution >= 0.6 is 0 Å². The Bertz CT molecular complexity index is 1830. The van der Waals surface area contributed by atoms with Gasteiger partial charge in [0.25, 0.3) is 0 Å². The number of aryl methyl sites for hydroxylation is 2. The Morgan fingerprint density at radius 3 is 1.44 bits per heavy atom. The van der Waals surface area contributed by atoms with Crippen LogP contribution in [0.2, 0.25) is 0 Å². The molecular formula is C35H26N+. The van der Waals surface area contributed by atoms with Crippen molar-refractivity contribution in [2.24, 2.45) is 0 Å². The van der Waals surface area contributed by atoms with Crippen molar-refractivity contribution < 1.29 is 4.57 Å². The highest BCUT2D eigenvalue weighted by Crippen LogP contribution is 2.41. The van der Waals surface area contributed by atoms with Crippen molar-refractivity contribution in [3.63, 3.8) is 0 Å². The maximum Gasteiger partial charge on any atom is 0.220 e. The van der Waals surface area contributed by atoms with Gasteiger partial charge >= 0.3 is 0 Å². The molecule has 0 spiro atoms. The third-order valence-corrected chi connectivity index (χ3v) is 7.43. The minimum atomic E-state index is 1.18. The van der Waals surface area contributed by atoms with Gasteiger partial charge in [0, 0.05) is 29.8 Å². The molecule has 7 aromatic rings. The molecule has 0 bridgehead atoms. The zero-order chi connectivity index (χ0) is 24.2. The van der Waals surface area contributed by atoms with Crippen molar-refractivity contribution >= 4 is 43.4 Å². The average molecular weight is 461 g/mol. The van der Waals surface area contributed by atoms with Crippen LogP contribution in [0.25, 0.3) is 60.2 Å². The van der Waals surface area contributed by atoms with Gasteiger partial charge in [-0.1, -0.05) is 96.1 Å². The predicted octanol–water partition coefficient (Wildman–Crippen LogP) is 8.86. The number of hydrogen-bond donors (Lipinski definition) is 0. The molecule has 0 aliphatic rings. The maximum atomic E-state index is 2.45. The summed E-state index contributed by atoms with van der Waals surface area (Å²) in [6.45, 7) is 4.30. The topological polar surface area (TPSA) is 3.88 Å². The Morgan fingerprint density at radius 1 is 0.444 bits per heavy atom. The summed E-state index contributed by atoms with van der Waals surface area (Å²) in [6, 6.07) is 44.6. The van der Waals surface area contributed by atoms with E-state index >= 15 is 0 Å². The summed E-state index contributed by atoms with van der Waals surface area (Å²) in [5.74, 6) is 0. The Morgan fingerprint density at radius 2 is 0.917 bits per heavy atom. The van der Waals surface area contributed by atoms with Crippen molar-refractivity contribution in [1.82, 2.24) is 0 Å². The van der Waals surface area contributed by atoms with Crippen molar-refractivity contribution in [2.45, 2.75) is 13.8 Å². The maximum absolute atomic E-state index is 2.45. The molecule has 7 rings (SSSR count). The number of fused-ring (bicyclic) bond motifs is 6. The first-order valence-corrected chi connectivity index (χ1v) is 12.5. The summed E-state index contributed by atoms with van der Waals surface area (Å²) in [4.78, 5) is 0. The van der Waals surface area contributed by atoms with Crippen LogP contribution in [0, 0.1) is 13.8 Å². The zero-order valence-electron chi connectivity index (χ0n) is 20.5. The van der Waals surface area contributed by atoms with E-state index in [0.29, 0.717) is 0 Å². The predicted molar refractivity (Wildman–Crippen MR) is 153 cm³/mol. The lowest BCUT2D eigenvalue weighted by Gasteiger charge is -2.16. The van der Waals surface area contributed by atoms with Gasteiger partial charge in [-0.2, -0.15) is 4.57 Å². The van der Waals surface area contributed by atoms with Gasteiger partial charge in [-0.05, 0) is 53.1 Å². The van der Waals surface area contributed by atoms with Crippen LogP contribution in [0.15, 0.2) is 121 Å². The summed E-state index contributed by atoms with van der Waals surface area (Å²) >= 11 is 0. The highest BCUT2D eigenvalue weighted by atomic mass is 15.0. The number of nitrogens with zero attached hydrogens (tertiary/aromatic N) is 1. The van der Waals surface area contributed by atoms with Gasteiger partial charge in [-0.25, -0.2) is 0 Å². The third-order valence-electron chi connectivity index (χ3n) is 7.43. The summed E-state index contributed by atoms with van der Waals surface area (Å²) in [7, 11) is 0. The Hall–Kier alpha value is -4.49. The van der Waals surface area contributed by atoms with Gasteiger partial charge in [0.15, 0.2) is 0 Å². The van der Waals surface area contributed by atoms with Crippen LogP contribution in [-0.2, 0) is 0 Å². The van der Waals surface area contributed by atoms with E-state index in [1.807, 2.05) is 0 Å². The molecule has 1 heterocycles. The fourth-order valence-corrected chi connectivity index (χ4v) is 5.65. The van der Waals surface area contributed by atoms with Gasteiger partial charge in [0.1, 0.15) is 0 Å². The Balaban J connectivity index is 1.82. The molecule has 0 atom stereocenters. The summed E-state index contributed by atoms with van der Waals surface area (Å²) < 4.78 is 2.45. The Kier molecular flexibility index (Phi) is 4.65. The highest BCUT2D eigenvalue weighted by Gasteiger charge is 2.26. The molecular weight excluding hydrogens is 434 g/mol. The monoisotopic (exact) mass is 460 g/mol. The van der Waals surface area contributed by atoms with Crippen molar-refractivity contribution in [2.75, 3.05) is 0 Å². The van der Waals surface area contributed by atoms with Crippen LogP contribution in [-0.4, -0.2) is 0 Å².